The zero-order valence-electron chi connectivity index (χ0n) is 14.9. The number of fused-ring (bicyclic) bond motifs is 1. The smallest absolute Gasteiger partial charge is 0.226 e. The summed E-state index contributed by atoms with van der Waals surface area (Å²) in [5, 5.41) is 0. The molecule has 3 aromatic rings. The number of nitrogens with one attached hydrogen (secondary N) is 1. The molecule has 5 heteroatoms. The van der Waals surface area contributed by atoms with Crippen molar-refractivity contribution in [2.24, 2.45) is 0 Å². The van der Waals surface area contributed by atoms with E-state index < -0.39 is 0 Å². The van der Waals surface area contributed by atoms with Crippen LogP contribution in [0, 0.1) is 6.92 Å². The SMILES string of the molecule is Cc1ccc(OCCC(=O)N2CCCC2c2nc3ccccc3[nH]2)cc1. The Bertz CT molecular complexity index is 868. The molecule has 1 aromatic heterocycles. The van der Waals surface area contributed by atoms with Crippen molar-refractivity contribution >= 4 is 16.9 Å². The van der Waals surface area contributed by atoms with Crippen LogP contribution in [-0.2, 0) is 4.79 Å². The van der Waals surface area contributed by atoms with E-state index in [1.165, 1.54) is 5.56 Å². The fourth-order valence-electron chi connectivity index (χ4n) is 3.51. The van der Waals surface area contributed by atoms with Crippen LogP contribution in [0.15, 0.2) is 48.5 Å². The molecule has 26 heavy (non-hydrogen) atoms. The van der Waals surface area contributed by atoms with Gasteiger partial charge in [0.15, 0.2) is 0 Å². The fraction of sp³-hybridized carbons (Fsp3) is 0.333. The summed E-state index contributed by atoms with van der Waals surface area (Å²) in [7, 11) is 0. The van der Waals surface area contributed by atoms with E-state index in [4.69, 9.17) is 4.74 Å². The molecule has 134 valence electrons. The van der Waals surface area contributed by atoms with Crippen LogP contribution in [-0.4, -0.2) is 33.9 Å². The third-order valence-corrected chi connectivity index (χ3v) is 4.90. The van der Waals surface area contributed by atoms with E-state index in [1.807, 2.05) is 60.4 Å². The predicted octanol–water partition coefficient (Wildman–Crippen LogP) is 4.00. The van der Waals surface area contributed by atoms with Crippen LogP contribution < -0.4 is 4.74 Å². The highest BCUT2D eigenvalue weighted by Crippen LogP contribution is 2.31. The Morgan fingerprint density at radius 2 is 2.04 bits per heavy atom. The first-order chi connectivity index (χ1) is 12.7. The minimum absolute atomic E-state index is 0.0364. The topological polar surface area (TPSA) is 58.2 Å². The number of aromatic amines is 1. The van der Waals surface area contributed by atoms with Crippen LogP contribution in [0.3, 0.4) is 0 Å². The minimum Gasteiger partial charge on any atom is -0.493 e. The summed E-state index contributed by atoms with van der Waals surface area (Å²) < 4.78 is 5.71. The highest BCUT2D eigenvalue weighted by Gasteiger charge is 2.31. The van der Waals surface area contributed by atoms with Crippen LogP contribution in [0.1, 0.15) is 36.7 Å². The van der Waals surface area contributed by atoms with Gasteiger partial charge in [-0.25, -0.2) is 4.98 Å². The number of aryl methyl sites for hydroxylation is 1. The first-order valence-electron chi connectivity index (χ1n) is 9.14. The van der Waals surface area contributed by atoms with Gasteiger partial charge in [-0.3, -0.25) is 4.79 Å². The van der Waals surface area contributed by atoms with Crippen LogP contribution in [0.5, 0.6) is 5.75 Å². The summed E-state index contributed by atoms with van der Waals surface area (Å²) in [5.74, 6) is 1.82. The van der Waals surface area contributed by atoms with E-state index >= 15 is 0 Å². The lowest BCUT2D eigenvalue weighted by Crippen LogP contribution is -2.32. The second-order valence-corrected chi connectivity index (χ2v) is 6.80. The summed E-state index contributed by atoms with van der Waals surface area (Å²) in [6.45, 7) is 3.22. The zero-order chi connectivity index (χ0) is 17.9. The Morgan fingerprint density at radius 3 is 2.85 bits per heavy atom. The second kappa shape index (κ2) is 7.20. The molecule has 1 unspecified atom stereocenters. The van der Waals surface area contributed by atoms with Gasteiger partial charge in [-0.15, -0.1) is 0 Å². The quantitative estimate of drug-likeness (QED) is 0.757. The number of carbonyl (C=O) groups excluding carboxylic acids is 1. The van der Waals surface area contributed by atoms with E-state index in [9.17, 15) is 4.79 Å². The number of hydrogen-bond donors (Lipinski definition) is 1. The number of aromatic nitrogens is 2. The number of likely N-dealkylation sites (tertiary alicyclic amines) is 1. The summed E-state index contributed by atoms with van der Waals surface area (Å²) in [5.41, 5.74) is 3.16. The molecule has 0 bridgehead atoms. The molecule has 1 amide bonds. The number of nitrogens with zero attached hydrogens (tertiary/aromatic N) is 2. The lowest BCUT2D eigenvalue weighted by atomic mass is 10.2. The van der Waals surface area contributed by atoms with E-state index in [0.29, 0.717) is 13.0 Å². The lowest BCUT2D eigenvalue weighted by molar-refractivity contribution is -0.132. The van der Waals surface area contributed by atoms with Crippen molar-refractivity contribution in [2.45, 2.75) is 32.2 Å². The van der Waals surface area contributed by atoms with E-state index in [2.05, 4.69) is 9.97 Å². The average molecular weight is 349 g/mol. The first kappa shape index (κ1) is 16.6. The van der Waals surface area contributed by atoms with Crippen LogP contribution in [0.4, 0.5) is 0 Å². The van der Waals surface area contributed by atoms with Crippen molar-refractivity contribution in [3.63, 3.8) is 0 Å². The highest BCUT2D eigenvalue weighted by atomic mass is 16.5. The van der Waals surface area contributed by atoms with Gasteiger partial charge in [0.05, 0.1) is 30.1 Å². The number of H-pyrrole nitrogens is 1. The molecule has 0 saturated carbocycles. The summed E-state index contributed by atoms with van der Waals surface area (Å²) in [6, 6.07) is 15.9. The Balaban J connectivity index is 1.39. The number of amides is 1. The number of carbonyl (C=O) groups is 1. The first-order valence-corrected chi connectivity index (χ1v) is 9.14. The molecule has 2 heterocycles. The summed E-state index contributed by atoms with van der Waals surface area (Å²) in [6.07, 6.45) is 2.33. The van der Waals surface area contributed by atoms with Crippen LogP contribution in [0.2, 0.25) is 0 Å². The number of ether oxygens (including phenoxy) is 1. The molecular formula is C21H23N3O2. The molecule has 0 spiro atoms. The molecule has 1 aliphatic heterocycles. The van der Waals surface area contributed by atoms with Gasteiger partial charge < -0.3 is 14.6 Å². The maximum atomic E-state index is 12.7. The third-order valence-electron chi connectivity index (χ3n) is 4.90. The second-order valence-electron chi connectivity index (χ2n) is 6.80. The molecule has 1 fully saturated rings. The number of benzene rings is 2. The number of para-hydroxylation sites is 2. The maximum Gasteiger partial charge on any atom is 0.226 e. The van der Waals surface area contributed by atoms with E-state index in [0.717, 1.165) is 42.0 Å². The Morgan fingerprint density at radius 1 is 1.23 bits per heavy atom. The summed E-state index contributed by atoms with van der Waals surface area (Å²) >= 11 is 0. The molecular weight excluding hydrogens is 326 g/mol. The predicted molar refractivity (Wildman–Crippen MR) is 101 cm³/mol. The maximum absolute atomic E-state index is 12.7. The van der Waals surface area contributed by atoms with Gasteiger partial charge in [-0.05, 0) is 44.0 Å². The molecule has 1 saturated heterocycles. The van der Waals surface area contributed by atoms with E-state index in [-0.39, 0.29) is 11.9 Å². The number of imidazole rings is 1. The van der Waals surface area contributed by atoms with Gasteiger partial charge >= 0.3 is 0 Å². The molecule has 1 aliphatic rings. The van der Waals surface area contributed by atoms with Crippen molar-refractivity contribution in [3.8, 4) is 5.75 Å². The summed E-state index contributed by atoms with van der Waals surface area (Å²) in [4.78, 5) is 22.7. The van der Waals surface area contributed by atoms with Crippen molar-refractivity contribution in [3.05, 3.63) is 59.9 Å². The molecule has 4 rings (SSSR count). The van der Waals surface area contributed by atoms with Gasteiger partial charge in [0.1, 0.15) is 11.6 Å². The van der Waals surface area contributed by atoms with Gasteiger partial charge in [0.2, 0.25) is 5.91 Å². The number of hydrogen-bond acceptors (Lipinski definition) is 3. The van der Waals surface area contributed by atoms with Crippen LogP contribution >= 0.6 is 0 Å². The minimum atomic E-state index is 0.0364. The molecule has 0 radical (unpaired) electrons. The Kier molecular flexibility index (Phi) is 4.61. The number of rotatable bonds is 5. The normalized spacial score (nSPS) is 17.0. The largest absolute Gasteiger partial charge is 0.493 e. The van der Waals surface area contributed by atoms with Crippen molar-refractivity contribution < 1.29 is 9.53 Å². The average Bonchev–Trinajstić information content (AvgIpc) is 3.29. The molecule has 2 aromatic carbocycles. The Hall–Kier alpha value is -2.82. The molecule has 1 atom stereocenters. The van der Waals surface area contributed by atoms with Crippen molar-refractivity contribution in [2.75, 3.05) is 13.2 Å². The van der Waals surface area contributed by atoms with Crippen molar-refractivity contribution in [1.29, 1.82) is 0 Å². The van der Waals surface area contributed by atoms with Crippen LogP contribution in [0.25, 0.3) is 11.0 Å². The van der Waals surface area contributed by atoms with Gasteiger partial charge in [0.25, 0.3) is 0 Å². The van der Waals surface area contributed by atoms with Crippen molar-refractivity contribution in [1.82, 2.24) is 14.9 Å². The monoisotopic (exact) mass is 349 g/mol. The fourth-order valence-corrected chi connectivity index (χ4v) is 3.51. The Labute approximate surface area is 153 Å². The molecule has 1 N–H and O–H groups in total. The van der Waals surface area contributed by atoms with E-state index in [1.54, 1.807) is 0 Å². The lowest BCUT2D eigenvalue weighted by Gasteiger charge is -2.23. The molecule has 5 nitrogen and oxygen atoms in total. The zero-order valence-corrected chi connectivity index (χ0v) is 14.9. The van der Waals surface area contributed by atoms with Gasteiger partial charge in [0, 0.05) is 6.54 Å². The highest BCUT2D eigenvalue weighted by molar-refractivity contribution is 5.78. The third kappa shape index (κ3) is 3.43. The van der Waals surface area contributed by atoms with Gasteiger partial charge in [-0.2, -0.15) is 0 Å². The molecule has 0 aliphatic carbocycles. The van der Waals surface area contributed by atoms with Gasteiger partial charge in [-0.1, -0.05) is 29.8 Å². The standard InChI is InChI=1S/C21H23N3O2/c1-15-8-10-16(11-9-15)26-14-12-20(25)24-13-4-7-19(24)21-22-17-5-2-3-6-18(17)23-21/h2-3,5-6,8-11,19H,4,7,12-14H2,1H3,(H,22,23).